The third-order valence-corrected chi connectivity index (χ3v) is 6.00. The summed E-state index contributed by atoms with van der Waals surface area (Å²) < 4.78 is 5.51. The molecule has 1 saturated heterocycles. The van der Waals surface area contributed by atoms with E-state index in [0.29, 0.717) is 4.48 Å². The van der Waals surface area contributed by atoms with Crippen molar-refractivity contribution < 1.29 is 18.8 Å². The van der Waals surface area contributed by atoms with Crippen molar-refractivity contribution in [3.8, 4) is 0 Å². The Morgan fingerprint density at radius 2 is 2.12 bits per heavy atom. The molecule has 1 aromatic rings. The van der Waals surface area contributed by atoms with E-state index < -0.39 is 18.1 Å². The van der Waals surface area contributed by atoms with Gasteiger partial charge in [0, 0.05) is 18.8 Å². The van der Waals surface area contributed by atoms with Gasteiger partial charge >= 0.3 is 12.1 Å². The molecular weight excluding hydrogens is 318 g/mol. The molecule has 25 heavy (non-hydrogen) atoms. The number of likely N-dealkylation sites (tertiary alicyclic amines) is 1. The second-order valence-electron chi connectivity index (χ2n) is 7.51. The highest BCUT2D eigenvalue weighted by Gasteiger charge is 2.59. The molecule has 1 aliphatic rings. The molecule has 0 aliphatic carbocycles. The van der Waals surface area contributed by atoms with Crippen LogP contribution < -0.4 is 5.73 Å². The molecule has 2 heterocycles. The van der Waals surface area contributed by atoms with E-state index >= 15 is 0 Å². The molecule has 2 N–H and O–H groups in total. The maximum atomic E-state index is 12.9. The van der Waals surface area contributed by atoms with Crippen LogP contribution in [-0.4, -0.2) is 46.2 Å². The number of quaternary nitrogens is 1. The number of esters is 1. The molecule has 0 spiro atoms. The summed E-state index contributed by atoms with van der Waals surface area (Å²) in [5.41, 5.74) is 6.04. The van der Waals surface area contributed by atoms with Gasteiger partial charge in [0.1, 0.15) is 0 Å². The first-order valence-electron chi connectivity index (χ1n) is 9.07. The number of rotatable bonds is 6. The highest BCUT2D eigenvalue weighted by Crippen LogP contribution is 2.46. The van der Waals surface area contributed by atoms with E-state index in [1.807, 2.05) is 12.1 Å². The van der Waals surface area contributed by atoms with E-state index in [4.69, 9.17) is 10.5 Å². The number of pyridine rings is 1. The van der Waals surface area contributed by atoms with Gasteiger partial charge in [-0.2, -0.15) is 0 Å². The Labute approximate surface area is 150 Å². The van der Waals surface area contributed by atoms with Gasteiger partial charge in [-0.25, -0.2) is 9.59 Å². The number of primary amides is 1. The van der Waals surface area contributed by atoms with Gasteiger partial charge in [0.15, 0.2) is 6.04 Å². The molecule has 0 radical (unpaired) electrons. The van der Waals surface area contributed by atoms with Gasteiger partial charge in [-0.1, -0.05) is 19.9 Å². The van der Waals surface area contributed by atoms with Crippen molar-refractivity contribution in [2.75, 3.05) is 13.1 Å². The second kappa shape index (κ2) is 7.52. The number of carbonyl (C=O) groups is 2. The molecule has 1 fully saturated rings. The minimum atomic E-state index is -1.04. The van der Waals surface area contributed by atoms with Crippen LogP contribution in [0, 0.1) is 0 Å². The van der Waals surface area contributed by atoms with Crippen molar-refractivity contribution in [2.45, 2.75) is 64.5 Å². The van der Waals surface area contributed by atoms with Crippen molar-refractivity contribution in [2.24, 2.45) is 5.73 Å². The Balaban J connectivity index is 2.54. The molecule has 1 aliphatic heterocycles. The van der Waals surface area contributed by atoms with E-state index in [9.17, 15) is 9.59 Å². The summed E-state index contributed by atoms with van der Waals surface area (Å²) >= 11 is 0. The summed E-state index contributed by atoms with van der Waals surface area (Å²) in [6.45, 7) is 10.4. The zero-order chi connectivity index (χ0) is 18.7. The molecule has 6 nitrogen and oxygen atoms in total. The molecule has 138 valence electrons. The molecule has 2 rings (SSSR count). The number of ether oxygens (including phenoxy) is 1. The van der Waals surface area contributed by atoms with E-state index in [-0.39, 0.29) is 11.5 Å². The molecule has 0 bridgehead atoms. The van der Waals surface area contributed by atoms with Crippen LogP contribution in [0.5, 0.6) is 0 Å². The van der Waals surface area contributed by atoms with Crippen LogP contribution in [0.15, 0.2) is 24.5 Å². The predicted octanol–water partition coefficient (Wildman–Crippen LogP) is 2.97. The fourth-order valence-electron chi connectivity index (χ4n) is 4.43. The maximum absolute atomic E-state index is 12.9. The third kappa shape index (κ3) is 3.54. The predicted molar refractivity (Wildman–Crippen MR) is 95.7 cm³/mol. The van der Waals surface area contributed by atoms with Crippen molar-refractivity contribution in [1.82, 2.24) is 4.98 Å². The summed E-state index contributed by atoms with van der Waals surface area (Å²) in [7, 11) is 0. The molecule has 1 amide bonds. The largest absolute Gasteiger partial charge is 0.412 e. The zero-order valence-electron chi connectivity index (χ0n) is 15.7. The number of nitrogens with two attached hydrogens (primary N) is 1. The number of nitrogens with zero attached hydrogens (tertiary/aromatic N) is 2. The summed E-state index contributed by atoms with van der Waals surface area (Å²) in [6.07, 6.45) is 5.22. The fourth-order valence-corrected chi connectivity index (χ4v) is 4.43. The van der Waals surface area contributed by atoms with E-state index in [1.54, 1.807) is 12.4 Å². The zero-order valence-corrected chi connectivity index (χ0v) is 15.7. The van der Waals surface area contributed by atoms with Crippen LogP contribution >= 0.6 is 0 Å². The van der Waals surface area contributed by atoms with Crippen LogP contribution in [-0.2, 0) is 9.53 Å². The number of hydrogen-bond acceptors (Lipinski definition) is 4. The standard InChI is InChI=1S/C19H29N3O3/c1-5-11-22(19(3,4)6-2)12-9-15(14-8-7-10-21-13-14)16(22)17(23)25-18(20)24/h7-8,10,13,15-16H,5-6,9,11-12H2,1-4H3,(H-,20,24)/p+1/t15?,16-,22?/m0/s1. The van der Waals surface area contributed by atoms with E-state index in [1.165, 1.54) is 0 Å². The third-order valence-electron chi connectivity index (χ3n) is 6.00. The molecule has 0 aromatic carbocycles. The van der Waals surface area contributed by atoms with Gasteiger partial charge in [0.25, 0.3) is 0 Å². The Morgan fingerprint density at radius 1 is 1.40 bits per heavy atom. The van der Waals surface area contributed by atoms with Gasteiger partial charge in [0.05, 0.1) is 24.5 Å². The van der Waals surface area contributed by atoms with E-state index in [0.717, 1.165) is 37.9 Å². The lowest BCUT2D eigenvalue weighted by molar-refractivity contribution is -0.976. The average molecular weight is 348 g/mol. The Hall–Kier alpha value is -1.95. The number of amides is 1. The van der Waals surface area contributed by atoms with Crippen LogP contribution in [0.3, 0.4) is 0 Å². The van der Waals surface area contributed by atoms with Crippen LogP contribution in [0.2, 0.25) is 0 Å². The molecular formula is C19H30N3O3+. The fraction of sp³-hybridized carbons (Fsp3) is 0.632. The smallest absolute Gasteiger partial charge is 0.372 e. The average Bonchev–Trinajstić information content (AvgIpc) is 2.96. The molecule has 1 aromatic heterocycles. The summed E-state index contributed by atoms with van der Waals surface area (Å²) in [5, 5.41) is 0. The van der Waals surface area contributed by atoms with Crippen molar-refractivity contribution >= 4 is 12.1 Å². The monoisotopic (exact) mass is 348 g/mol. The first kappa shape index (κ1) is 19.4. The second-order valence-corrected chi connectivity index (χ2v) is 7.51. The Bertz CT molecular complexity index is 618. The molecule has 6 heteroatoms. The van der Waals surface area contributed by atoms with Crippen LogP contribution in [0.4, 0.5) is 4.79 Å². The van der Waals surface area contributed by atoms with Crippen molar-refractivity contribution in [1.29, 1.82) is 0 Å². The van der Waals surface area contributed by atoms with Crippen molar-refractivity contribution in [3.63, 3.8) is 0 Å². The van der Waals surface area contributed by atoms with E-state index in [2.05, 4.69) is 32.7 Å². The van der Waals surface area contributed by atoms with Gasteiger partial charge in [-0.3, -0.25) is 4.98 Å². The topological polar surface area (TPSA) is 82.3 Å². The Morgan fingerprint density at radius 3 is 2.64 bits per heavy atom. The summed E-state index contributed by atoms with van der Waals surface area (Å²) in [4.78, 5) is 28.4. The molecule has 3 atom stereocenters. The summed E-state index contributed by atoms with van der Waals surface area (Å²) in [5.74, 6) is -0.549. The quantitative estimate of drug-likeness (QED) is 0.487. The lowest BCUT2D eigenvalue weighted by Gasteiger charge is -2.51. The normalized spacial score (nSPS) is 26.4. The SMILES string of the molecule is CCC[N+]1(C(C)(C)CC)CCC(c2cccnc2)[C@H]1C(=O)OC(N)=O. The van der Waals surface area contributed by atoms with Crippen molar-refractivity contribution in [3.05, 3.63) is 30.1 Å². The first-order chi connectivity index (χ1) is 11.8. The minimum Gasteiger partial charge on any atom is -0.372 e. The molecule has 0 saturated carbocycles. The van der Waals surface area contributed by atoms with Gasteiger partial charge in [-0.05, 0) is 38.3 Å². The summed E-state index contributed by atoms with van der Waals surface area (Å²) in [6, 6.07) is 3.42. The lowest BCUT2D eigenvalue weighted by atomic mass is 9.88. The van der Waals surface area contributed by atoms with Crippen LogP contribution in [0.1, 0.15) is 58.4 Å². The first-order valence-corrected chi connectivity index (χ1v) is 9.07. The highest BCUT2D eigenvalue weighted by atomic mass is 16.6. The number of hydrogen-bond donors (Lipinski definition) is 1. The minimum absolute atomic E-state index is 0.0297. The molecule has 2 unspecified atom stereocenters. The number of carbonyl (C=O) groups excluding carboxylic acids is 2. The number of aromatic nitrogens is 1. The lowest BCUT2D eigenvalue weighted by Crippen LogP contribution is -2.67. The highest BCUT2D eigenvalue weighted by molar-refractivity contribution is 5.87. The Kier molecular flexibility index (Phi) is 5.83. The maximum Gasteiger partial charge on any atom is 0.412 e. The van der Waals surface area contributed by atoms with Gasteiger partial charge < -0.3 is 15.0 Å². The van der Waals surface area contributed by atoms with Crippen LogP contribution in [0.25, 0.3) is 0 Å². The van der Waals surface area contributed by atoms with Gasteiger partial charge in [0.2, 0.25) is 0 Å². The van der Waals surface area contributed by atoms with Gasteiger partial charge in [-0.15, -0.1) is 0 Å².